The van der Waals surface area contributed by atoms with Crippen LogP contribution in [0, 0.1) is 0 Å². The summed E-state index contributed by atoms with van der Waals surface area (Å²) in [5.74, 6) is 0.313. The zero-order valence-corrected chi connectivity index (χ0v) is 13.3. The van der Waals surface area contributed by atoms with Crippen molar-refractivity contribution in [1.29, 1.82) is 0 Å². The number of ether oxygens (including phenoxy) is 3. The fourth-order valence-corrected chi connectivity index (χ4v) is 2.15. The van der Waals surface area contributed by atoms with Crippen LogP contribution in [-0.4, -0.2) is 49.7 Å². The van der Waals surface area contributed by atoms with Crippen LogP contribution >= 0.6 is 0 Å². The maximum absolute atomic E-state index is 11.6. The number of hydrogen-bond acceptors (Lipinski definition) is 5. The molecular formula is C16H21NO5. The molecule has 0 atom stereocenters. The Morgan fingerprint density at radius 3 is 2.68 bits per heavy atom. The van der Waals surface area contributed by atoms with Crippen LogP contribution in [0.1, 0.15) is 19.4 Å². The van der Waals surface area contributed by atoms with Crippen molar-refractivity contribution in [2.75, 3.05) is 27.3 Å². The number of fused-ring (bicyclic) bond motifs is 1. The molecule has 2 rings (SSSR count). The lowest BCUT2D eigenvalue weighted by molar-refractivity contribution is -0.152. The highest BCUT2D eigenvalue weighted by Crippen LogP contribution is 2.41. The van der Waals surface area contributed by atoms with Crippen molar-refractivity contribution in [3.8, 4) is 11.5 Å². The molecule has 0 unspecified atom stereocenters. The van der Waals surface area contributed by atoms with Gasteiger partial charge < -0.3 is 19.1 Å². The summed E-state index contributed by atoms with van der Waals surface area (Å²) >= 11 is 0. The summed E-state index contributed by atoms with van der Waals surface area (Å²) in [6.07, 6.45) is 0.793. The van der Waals surface area contributed by atoms with E-state index in [2.05, 4.69) is 0 Å². The summed E-state index contributed by atoms with van der Waals surface area (Å²) in [4.78, 5) is 24.3. The van der Waals surface area contributed by atoms with Crippen molar-refractivity contribution in [1.82, 2.24) is 4.90 Å². The van der Waals surface area contributed by atoms with Gasteiger partial charge in [-0.2, -0.15) is 0 Å². The summed E-state index contributed by atoms with van der Waals surface area (Å²) < 4.78 is 16.2. The monoisotopic (exact) mass is 307 g/mol. The van der Waals surface area contributed by atoms with Crippen LogP contribution in [0.25, 0.3) is 0 Å². The number of para-hydroxylation sites is 1. The predicted octanol–water partition coefficient (Wildman–Crippen LogP) is 1.41. The van der Waals surface area contributed by atoms with E-state index in [9.17, 15) is 9.59 Å². The zero-order valence-electron chi connectivity index (χ0n) is 13.3. The minimum atomic E-state index is -0.593. The summed E-state index contributed by atoms with van der Waals surface area (Å²) in [5, 5.41) is 0. The molecule has 0 bridgehead atoms. The number of benzene rings is 1. The number of carbonyl (C=O) groups is 2. The largest absolute Gasteiger partial charge is 0.483 e. The SMILES string of the molecule is CN(C)C(=O)COC(=O)COc1cccc2c1OC(C)(C)C2. The molecule has 0 aliphatic carbocycles. The predicted molar refractivity (Wildman–Crippen MR) is 80.0 cm³/mol. The fourth-order valence-electron chi connectivity index (χ4n) is 2.15. The van der Waals surface area contributed by atoms with Crippen molar-refractivity contribution >= 4 is 11.9 Å². The van der Waals surface area contributed by atoms with E-state index in [-0.39, 0.29) is 24.7 Å². The standard InChI is InChI=1S/C16H21NO5/c1-16(2)8-11-6-5-7-12(15(11)22-16)20-10-14(19)21-9-13(18)17(3)4/h5-7H,8-10H2,1-4H3. The average Bonchev–Trinajstić information content (AvgIpc) is 2.76. The Bertz CT molecular complexity index is 580. The van der Waals surface area contributed by atoms with Crippen LogP contribution in [0.2, 0.25) is 0 Å². The fraction of sp³-hybridized carbons (Fsp3) is 0.500. The van der Waals surface area contributed by atoms with E-state index in [4.69, 9.17) is 14.2 Å². The molecule has 0 fully saturated rings. The summed E-state index contributed by atoms with van der Waals surface area (Å²) in [7, 11) is 3.19. The van der Waals surface area contributed by atoms with Crippen molar-refractivity contribution in [2.24, 2.45) is 0 Å². The lowest BCUT2D eigenvalue weighted by Gasteiger charge is -2.18. The number of carbonyl (C=O) groups excluding carboxylic acids is 2. The molecule has 0 saturated carbocycles. The Morgan fingerprint density at radius 1 is 1.27 bits per heavy atom. The molecular weight excluding hydrogens is 286 g/mol. The first-order valence-corrected chi connectivity index (χ1v) is 7.08. The van der Waals surface area contributed by atoms with Crippen molar-refractivity contribution in [3.63, 3.8) is 0 Å². The zero-order chi connectivity index (χ0) is 16.3. The second kappa shape index (κ2) is 6.25. The van der Waals surface area contributed by atoms with Gasteiger partial charge in [-0.3, -0.25) is 4.79 Å². The molecule has 0 aromatic heterocycles. The van der Waals surface area contributed by atoms with Gasteiger partial charge >= 0.3 is 5.97 Å². The van der Waals surface area contributed by atoms with E-state index < -0.39 is 5.97 Å². The van der Waals surface area contributed by atoms with Crippen LogP contribution in [-0.2, 0) is 20.7 Å². The molecule has 1 heterocycles. The molecule has 1 aromatic carbocycles. The van der Waals surface area contributed by atoms with Crippen molar-refractivity contribution in [3.05, 3.63) is 23.8 Å². The van der Waals surface area contributed by atoms with Gasteiger partial charge in [-0.25, -0.2) is 4.79 Å². The van der Waals surface area contributed by atoms with Gasteiger partial charge in [0.25, 0.3) is 5.91 Å². The topological polar surface area (TPSA) is 65.1 Å². The molecule has 1 amide bonds. The summed E-state index contributed by atoms with van der Waals surface area (Å²) in [5.41, 5.74) is 0.777. The van der Waals surface area contributed by atoms with E-state index in [0.717, 1.165) is 12.0 Å². The third kappa shape index (κ3) is 3.90. The number of hydrogen-bond donors (Lipinski definition) is 0. The Hall–Kier alpha value is -2.24. The first kappa shape index (κ1) is 16.1. The van der Waals surface area contributed by atoms with Crippen LogP contribution in [0.4, 0.5) is 0 Å². The first-order chi connectivity index (χ1) is 10.3. The minimum absolute atomic E-state index is 0.263. The van der Waals surface area contributed by atoms with E-state index in [1.54, 1.807) is 20.2 Å². The maximum atomic E-state index is 11.6. The number of esters is 1. The number of amides is 1. The highest BCUT2D eigenvalue weighted by atomic mass is 16.6. The smallest absolute Gasteiger partial charge is 0.344 e. The normalized spacial score (nSPS) is 14.7. The molecule has 120 valence electrons. The van der Waals surface area contributed by atoms with E-state index >= 15 is 0 Å². The Labute approximate surface area is 129 Å². The van der Waals surface area contributed by atoms with E-state index in [1.165, 1.54) is 4.90 Å². The molecule has 0 saturated heterocycles. The van der Waals surface area contributed by atoms with Gasteiger partial charge in [0.1, 0.15) is 5.60 Å². The molecule has 0 spiro atoms. The number of nitrogens with zero attached hydrogens (tertiary/aromatic N) is 1. The Kier molecular flexibility index (Phi) is 4.59. The van der Waals surface area contributed by atoms with Gasteiger partial charge in [0.15, 0.2) is 24.7 Å². The minimum Gasteiger partial charge on any atom is -0.483 e. The Morgan fingerprint density at radius 2 is 2.00 bits per heavy atom. The van der Waals surface area contributed by atoms with E-state index in [1.807, 2.05) is 26.0 Å². The Balaban J connectivity index is 1.90. The van der Waals surface area contributed by atoms with Gasteiger partial charge in [-0.15, -0.1) is 0 Å². The van der Waals surface area contributed by atoms with Crippen molar-refractivity contribution in [2.45, 2.75) is 25.9 Å². The quantitative estimate of drug-likeness (QED) is 0.770. The second-order valence-electron chi connectivity index (χ2n) is 6.02. The maximum Gasteiger partial charge on any atom is 0.344 e. The summed E-state index contributed by atoms with van der Waals surface area (Å²) in [6, 6.07) is 5.59. The van der Waals surface area contributed by atoms with Gasteiger partial charge in [0.2, 0.25) is 0 Å². The summed E-state index contributed by atoms with van der Waals surface area (Å²) in [6.45, 7) is 3.45. The molecule has 1 aliphatic heterocycles. The third-order valence-electron chi connectivity index (χ3n) is 3.26. The third-order valence-corrected chi connectivity index (χ3v) is 3.26. The van der Waals surface area contributed by atoms with E-state index in [0.29, 0.717) is 11.5 Å². The van der Waals surface area contributed by atoms with Crippen LogP contribution < -0.4 is 9.47 Å². The molecule has 0 N–H and O–H groups in total. The number of likely N-dealkylation sites (N-methyl/N-ethyl adjacent to an activating group) is 1. The highest BCUT2D eigenvalue weighted by Gasteiger charge is 2.32. The molecule has 6 nitrogen and oxygen atoms in total. The van der Waals surface area contributed by atoms with Crippen LogP contribution in [0.5, 0.6) is 11.5 Å². The molecule has 0 radical (unpaired) electrons. The average molecular weight is 307 g/mol. The molecule has 22 heavy (non-hydrogen) atoms. The number of rotatable bonds is 5. The van der Waals surface area contributed by atoms with Crippen molar-refractivity contribution < 1.29 is 23.8 Å². The van der Waals surface area contributed by atoms with Crippen LogP contribution in [0.15, 0.2) is 18.2 Å². The van der Waals surface area contributed by atoms with Gasteiger partial charge in [0, 0.05) is 26.1 Å². The van der Waals surface area contributed by atoms with Crippen LogP contribution in [0.3, 0.4) is 0 Å². The lowest BCUT2D eigenvalue weighted by atomic mass is 10.0. The second-order valence-corrected chi connectivity index (χ2v) is 6.02. The van der Waals surface area contributed by atoms with Gasteiger partial charge in [-0.1, -0.05) is 12.1 Å². The van der Waals surface area contributed by atoms with Gasteiger partial charge in [0.05, 0.1) is 0 Å². The highest BCUT2D eigenvalue weighted by molar-refractivity contribution is 5.80. The lowest BCUT2D eigenvalue weighted by Crippen LogP contribution is -2.28. The molecule has 1 aromatic rings. The molecule has 1 aliphatic rings. The molecule has 6 heteroatoms. The van der Waals surface area contributed by atoms with Gasteiger partial charge in [-0.05, 0) is 19.9 Å². The first-order valence-electron chi connectivity index (χ1n) is 7.08.